The van der Waals surface area contributed by atoms with Gasteiger partial charge in [0.2, 0.25) is 76.8 Å². The highest BCUT2D eigenvalue weighted by atomic mass is 16.3. The van der Waals surface area contributed by atoms with Crippen molar-refractivity contribution in [2.45, 2.75) is 207 Å². The van der Waals surface area contributed by atoms with Crippen LogP contribution in [0, 0.1) is 23.7 Å². The molecule has 2 aliphatic heterocycles. The molecule has 0 spiro atoms. The summed E-state index contributed by atoms with van der Waals surface area (Å²) in [6.45, 7) is 18.7. The Balaban J connectivity index is 1.90. The topological polar surface area (TPSA) is 319 Å². The summed E-state index contributed by atoms with van der Waals surface area (Å²) in [6, 6.07) is 4.16. The van der Waals surface area contributed by atoms with Gasteiger partial charge in [-0.25, -0.2) is 0 Å². The number of piperidine rings is 1. The van der Waals surface area contributed by atoms with Crippen molar-refractivity contribution < 1.29 is 67.4 Å². The third-order valence-electron chi connectivity index (χ3n) is 19.4. The van der Waals surface area contributed by atoms with E-state index in [0.29, 0.717) is 30.6 Å². The molecule has 2 fully saturated rings. The third kappa shape index (κ3) is 23.0. The van der Waals surface area contributed by atoms with Crippen LogP contribution in [0.15, 0.2) is 60.7 Å². The minimum atomic E-state index is -1.73. The lowest BCUT2D eigenvalue weighted by molar-refractivity contribution is -0.152. The molecule has 2 aliphatic rings. The lowest BCUT2D eigenvalue weighted by Crippen LogP contribution is -2.62. The number of nitrogens with one attached hydrogen (secondary N) is 4. The van der Waals surface area contributed by atoms with E-state index < -0.39 is 162 Å². The summed E-state index contributed by atoms with van der Waals surface area (Å²) in [5.74, 6) is -11.0. The second-order valence-corrected chi connectivity index (χ2v) is 28.6. The van der Waals surface area contributed by atoms with Gasteiger partial charge in [-0.1, -0.05) is 122 Å². The number of carbonyl (C=O) groups excluding carboxylic acids is 13. The van der Waals surface area contributed by atoms with Crippen LogP contribution in [0.4, 0.5) is 0 Å². The van der Waals surface area contributed by atoms with Gasteiger partial charge in [-0.05, 0) is 87.7 Å². The summed E-state index contributed by atoms with van der Waals surface area (Å²) in [5.41, 5.74) is 1.27. The SMILES string of the molecule is CC[C@H](C)[C@@H]1NC(=O)CN(C)C(=O)[C@H](Cc2ccccc2)N(C)C(=O)[C@H]([C@@H](C)O)NC(=O)[C@H](CC(C)C)N(C)C(=O)[C@H](C)N(C)C(=O)CCN(C)C(=O)C[C@@H](C(=O)N(C)[C@@H](Cc2ccccc2)C(=O)N[C@@H](C)C(=O)N2CCCCC2)NC(=O)[C@H](C(C)C)N(C)C(=O)[C@H](CC(C)C)N(C)C1=O. The number of carbonyl (C=O) groups is 13. The van der Waals surface area contributed by atoms with Crippen molar-refractivity contribution in [2.75, 3.05) is 82.6 Å². The Labute approximate surface area is 592 Å². The first kappa shape index (κ1) is 83.9. The van der Waals surface area contributed by atoms with Crippen molar-refractivity contribution in [3.8, 4) is 0 Å². The fraction of sp³-hybridized carbons (Fsp3) is 0.658. The van der Waals surface area contributed by atoms with Gasteiger partial charge < -0.3 is 70.5 Å². The maximum absolute atomic E-state index is 15.4. The molecule has 12 atom stereocenters. The Kier molecular flexibility index (Phi) is 32.7. The Hall–Kier alpha value is -8.49. The fourth-order valence-electron chi connectivity index (χ4n) is 12.7. The second-order valence-electron chi connectivity index (χ2n) is 28.6. The van der Waals surface area contributed by atoms with Gasteiger partial charge in [0.15, 0.2) is 0 Å². The minimum absolute atomic E-state index is 0.0580. The van der Waals surface area contributed by atoms with Crippen molar-refractivity contribution in [3.05, 3.63) is 71.8 Å². The molecule has 0 saturated carbocycles. The molecule has 0 radical (unpaired) electrons. The zero-order valence-electron chi connectivity index (χ0n) is 62.6. The number of aliphatic hydroxyl groups excluding tert-OH is 1. The summed E-state index contributed by atoms with van der Waals surface area (Å²) in [7, 11) is 11.0. The zero-order valence-corrected chi connectivity index (χ0v) is 62.6. The van der Waals surface area contributed by atoms with E-state index in [0.717, 1.165) is 43.8 Å². The van der Waals surface area contributed by atoms with Gasteiger partial charge in [0.05, 0.1) is 19.1 Å². The molecule has 0 aliphatic carbocycles. The monoisotopic (exact) mass is 1400 g/mol. The first-order valence-electron chi connectivity index (χ1n) is 35.2. The largest absolute Gasteiger partial charge is 0.391 e. The van der Waals surface area contributed by atoms with Crippen molar-refractivity contribution in [1.82, 2.24) is 65.4 Å². The molecule has 4 rings (SSSR count). The van der Waals surface area contributed by atoms with Crippen LogP contribution in [-0.4, -0.2) is 275 Å². The highest BCUT2D eigenvalue weighted by molar-refractivity contribution is 6.00. The number of likely N-dealkylation sites (tertiary alicyclic amines) is 1. The van der Waals surface area contributed by atoms with Gasteiger partial charge in [-0.2, -0.15) is 0 Å². The first-order chi connectivity index (χ1) is 46.9. The number of aliphatic hydroxyl groups is 1. The Morgan fingerprint density at radius 1 is 0.580 bits per heavy atom. The van der Waals surface area contributed by atoms with Crippen LogP contribution in [0.25, 0.3) is 0 Å². The zero-order chi connectivity index (χ0) is 75.3. The van der Waals surface area contributed by atoms with E-state index in [1.54, 1.807) is 93.3 Å². The molecule has 2 aromatic rings. The molecule has 100 heavy (non-hydrogen) atoms. The van der Waals surface area contributed by atoms with Crippen LogP contribution in [-0.2, 0) is 75.2 Å². The number of rotatable bonds is 17. The number of hydrogen-bond donors (Lipinski definition) is 5. The average Bonchev–Trinajstić information content (AvgIpc) is 0.866. The highest BCUT2D eigenvalue weighted by Crippen LogP contribution is 2.24. The molecular formula is C73H115N13O14. The smallest absolute Gasteiger partial charge is 0.248 e. The molecule has 0 unspecified atom stereocenters. The van der Waals surface area contributed by atoms with Gasteiger partial charge >= 0.3 is 0 Å². The number of amides is 13. The fourth-order valence-corrected chi connectivity index (χ4v) is 12.7. The number of hydrogen-bond acceptors (Lipinski definition) is 14. The summed E-state index contributed by atoms with van der Waals surface area (Å²) >= 11 is 0. The minimum Gasteiger partial charge on any atom is -0.391 e. The quantitative estimate of drug-likeness (QED) is 0.152. The normalized spacial score (nSPS) is 24.1. The molecule has 27 nitrogen and oxygen atoms in total. The summed E-state index contributed by atoms with van der Waals surface area (Å²) in [5, 5.41) is 22.3. The van der Waals surface area contributed by atoms with E-state index >= 15 is 19.2 Å². The van der Waals surface area contributed by atoms with Crippen LogP contribution in [0.1, 0.15) is 139 Å². The van der Waals surface area contributed by atoms with Crippen LogP contribution in [0.5, 0.6) is 0 Å². The Bertz CT molecular complexity index is 3150. The van der Waals surface area contributed by atoms with Gasteiger partial charge in [-0.15, -0.1) is 0 Å². The van der Waals surface area contributed by atoms with E-state index in [9.17, 15) is 48.3 Å². The summed E-state index contributed by atoms with van der Waals surface area (Å²) in [4.78, 5) is 202. The van der Waals surface area contributed by atoms with Crippen molar-refractivity contribution in [1.29, 1.82) is 0 Å². The predicted molar refractivity (Wildman–Crippen MR) is 379 cm³/mol. The lowest BCUT2D eigenvalue weighted by atomic mass is 9.94. The van der Waals surface area contributed by atoms with Crippen molar-refractivity contribution in [3.63, 3.8) is 0 Å². The van der Waals surface area contributed by atoms with E-state index in [4.69, 9.17) is 0 Å². The molecule has 2 heterocycles. The maximum atomic E-state index is 15.4. The number of likely N-dealkylation sites (N-methyl/N-ethyl adjacent to an activating group) is 7. The first-order valence-corrected chi connectivity index (χ1v) is 35.2. The Morgan fingerprint density at radius 2 is 1.11 bits per heavy atom. The second kappa shape index (κ2) is 38.9. The van der Waals surface area contributed by atoms with E-state index in [1.807, 2.05) is 34.6 Å². The molecule has 0 aromatic heterocycles. The summed E-state index contributed by atoms with van der Waals surface area (Å²) in [6.07, 6.45) is 0.322. The molecule has 27 heteroatoms. The van der Waals surface area contributed by atoms with Gasteiger partial charge in [-0.3, -0.25) is 62.3 Å². The van der Waals surface area contributed by atoms with E-state index in [2.05, 4.69) is 21.3 Å². The van der Waals surface area contributed by atoms with Crippen LogP contribution in [0.3, 0.4) is 0 Å². The molecule has 556 valence electrons. The molecular weight excluding hydrogens is 1280 g/mol. The van der Waals surface area contributed by atoms with Crippen molar-refractivity contribution >= 4 is 76.8 Å². The van der Waals surface area contributed by atoms with Gasteiger partial charge in [0, 0.05) is 95.3 Å². The predicted octanol–water partition coefficient (Wildman–Crippen LogP) is 2.31. The van der Waals surface area contributed by atoms with E-state index in [1.165, 1.54) is 84.9 Å². The summed E-state index contributed by atoms with van der Waals surface area (Å²) < 4.78 is 0. The van der Waals surface area contributed by atoms with Crippen LogP contribution >= 0.6 is 0 Å². The highest BCUT2D eigenvalue weighted by Gasteiger charge is 2.44. The Morgan fingerprint density at radius 3 is 1.65 bits per heavy atom. The lowest BCUT2D eigenvalue weighted by Gasteiger charge is -2.39. The molecule has 0 bridgehead atoms. The van der Waals surface area contributed by atoms with Crippen molar-refractivity contribution in [2.24, 2.45) is 23.7 Å². The molecule has 2 saturated heterocycles. The third-order valence-corrected chi connectivity index (χ3v) is 19.4. The number of nitrogens with zero attached hydrogens (tertiary/aromatic N) is 9. The molecule has 13 amide bonds. The maximum Gasteiger partial charge on any atom is 0.248 e. The van der Waals surface area contributed by atoms with Gasteiger partial charge in [0.25, 0.3) is 0 Å². The average molecular weight is 1400 g/mol. The van der Waals surface area contributed by atoms with E-state index in [-0.39, 0.29) is 56.4 Å². The standard InChI is InChI=1S/C73H115N13O14/c1-20-47(8)61-72(99)83(17)56(39-45(4)5)71(98)85(19)63(46(6)7)66(93)75-53(69(96)82(16)55(40-51-30-24-21-25-31-51)64(91)74-48(9)67(94)86-35-28-23-29-36-86)42-60(90)78(12)37-34-59(89)80(14)49(10)68(95)81(15)54(38-44(2)3)65(92)77-62(50(11)87)73(100)84(18)57(41-52-32-26-22-27-33-52)70(97)79(13)43-58(88)76-61/h21-22,24-27,30-33,44-50,53-57,61-63,87H,20,23,28-29,34-43H2,1-19H3,(H,74,91)(H,75,93)(H,76,88)(H,77,92)/t47-,48-,49-,50+,53-,54-,55-,56-,57-,61-,62-,63-/m0/s1. The molecule has 5 N–H and O–H groups in total. The number of benzene rings is 2. The van der Waals surface area contributed by atoms with Gasteiger partial charge in [0.1, 0.15) is 60.4 Å². The van der Waals surface area contributed by atoms with Crippen LogP contribution < -0.4 is 21.3 Å². The van der Waals surface area contributed by atoms with Crippen LogP contribution in [0.2, 0.25) is 0 Å². The molecule has 2 aromatic carbocycles.